The van der Waals surface area contributed by atoms with Crippen LogP contribution in [-0.4, -0.2) is 36.1 Å². The molecule has 1 atom stereocenters. The molecule has 18 heavy (non-hydrogen) atoms. The first-order valence-corrected chi connectivity index (χ1v) is 5.72. The predicted octanol–water partition coefficient (Wildman–Crippen LogP) is 0.656. The van der Waals surface area contributed by atoms with E-state index in [4.69, 9.17) is 10.00 Å². The lowest BCUT2D eigenvalue weighted by Crippen LogP contribution is -2.25. The Labute approximate surface area is 105 Å². The van der Waals surface area contributed by atoms with Crippen LogP contribution in [0.2, 0.25) is 0 Å². The molecule has 6 nitrogen and oxygen atoms in total. The van der Waals surface area contributed by atoms with Crippen molar-refractivity contribution in [2.75, 3.05) is 25.1 Å². The number of methoxy groups -OCH3 is 1. The number of nitriles is 1. The summed E-state index contributed by atoms with van der Waals surface area (Å²) in [6, 6.07) is 3.64. The van der Waals surface area contributed by atoms with Gasteiger partial charge in [0, 0.05) is 18.8 Å². The molecule has 1 saturated heterocycles. The Kier molecular flexibility index (Phi) is 3.42. The van der Waals surface area contributed by atoms with Crippen molar-refractivity contribution >= 4 is 11.9 Å². The number of nitrogens with zero attached hydrogens (tertiary/aromatic N) is 4. The molecule has 0 saturated carbocycles. The maximum Gasteiger partial charge on any atom is 0.310 e. The second-order valence-corrected chi connectivity index (χ2v) is 4.26. The van der Waals surface area contributed by atoms with E-state index in [1.54, 1.807) is 6.07 Å². The van der Waals surface area contributed by atoms with Crippen molar-refractivity contribution in [3.05, 3.63) is 17.5 Å². The Bertz CT molecular complexity index is 509. The number of aromatic nitrogens is 2. The van der Waals surface area contributed by atoms with Gasteiger partial charge in [0.2, 0.25) is 5.95 Å². The lowest BCUT2D eigenvalue weighted by Gasteiger charge is -2.16. The van der Waals surface area contributed by atoms with E-state index in [0.29, 0.717) is 24.7 Å². The molecular formula is C12H14N4O2. The number of esters is 1. The smallest absolute Gasteiger partial charge is 0.310 e. The van der Waals surface area contributed by atoms with Gasteiger partial charge in [-0.25, -0.2) is 9.97 Å². The van der Waals surface area contributed by atoms with E-state index in [0.717, 1.165) is 12.1 Å². The summed E-state index contributed by atoms with van der Waals surface area (Å²) in [5.74, 6) is 0.174. The number of ether oxygens (including phenoxy) is 1. The van der Waals surface area contributed by atoms with E-state index in [2.05, 4.69) is 9.97 Å². The average molecular weight is 246 g/mol. The molecule has 2 heterocycles. The topological polar surface area (TPSA) is 79.1 Å². The highest BCUT2D eigenvalue weighted by molar-refractivity contribution is 5.73. The van der Waals surface area contributed by atoms with Gasteiger partial charge in [0.15, 0.2) is 0 Å². The fraction of sp³-hybridized carbons (Fsp3) is 0.500. The molecule has 94 valence electrons. The van der Waals surface area contributed by atoms with Crippen LogP contribution in [0.25, 0.3) is 0 Å². The van der Waals surface area contributed by atoms with Crippen LogP contribution in [0.5, 0.6) is 0 Å². The van der Waals surface area contributed by atoms with Gasteiger partial charge in [0.25, 0.3) is 0 Å². The molecule has 1 aromatic rings. The van der Waals surface area contributed by atoms with Gasteiger partial charge in [-0.3, -0.25) is 4.79 Å². The molecule has 0 aromatic carbocycles. The van der Waals surface area contributed by atoms with E-state index in [1.165, 1.54) is 7.11 Å². The zero-order valence-electron chi connectivity index (χ0n) is 10.4. The molecule has 0 N–H and O–H groups in total. The maximum atomic E-state index is 11.4. The summed E-state index contributed by atoms with van der Waals surface area (Å²) >= 11 is 0. The minimum atomic E-state index is -0.203. The second-order valence-electron chi connectivity index (χ2n) is 4.26. The standard InChI is InChI=1S/C12H14N4O2/c1-8-5-10(6-13)15-12(14-8)16-4-3-9(7-16)11(17)18-2/h5,9H,3-4,7H2,1-2H3. The van der Waals surface area contributed by atoms with Crippen LogP contribution in [-0.2, 0) is 9.53 Å². The molecule has 0 spiro atoms. The van der Waals surface area contributed by atoms with E-state index in [1.807, 2.05) is 17.9 Å². The second kappa shape index (κ2) is 5.00. The molecule has 1 fully saturated rings. The third-order valence-corrected chi connectivity index (χ3v) is 2.96. The van der Waals surface area contributed by atoms with Gasteiger partial charge >= 0.3 is 5.97 Å². The van der Waals surface area contributed by atoms with Gasteiger partial charge in [-0.05, 0) is 19.4 Å². The van der Waals surface area contributed by atoms with Crippen LogP contribution in [0.15, 0.2) is 6.07 Å². The normalized spacial score (nSPS) is 18.5. The minimum Gasteiger partial charge on any atom is -0.469 e. The van der Waals surface area contributed by atoms with Crippen LogP contribution < -0.4 is 4.90 Å². The summed E-state index contributed by atoms with van der Waals surface area (Å²) in [5.41, 5.74) is 1.09. The van der Waals surface area contributed by atoms with Crippen molar-refractivity contribution in [3.8, 4) is 6.07 Å². The fourth-order valence-electron chi connectivity index (χ4n) is 2.05. The van der Waals surface area contributed by atoms with Crippen molar-refractivity contribution in [1.29, 1.82) is 5.26 Å². The molecule has 1 unspecified atom stereocenters. The van der Waals surface area contributed by atoms with Crippen molar-refractivity contribution in [1.82, 2.24) is 9.97 Å². The number of carbonyl (C=O) groups excluding carboxylic acids is 1. The van der Waals surface area contributed by atoms with E-state index < -0.39 is 0 Å². The fourth-order valence-corrected chi connectivity index (χ4v) is 2.05. The largest absolute Gasteiger partial charge is 0.469 e. The summed E-state index contributed by atoms with van der Waals surface area (Å²) in [5, 5.41) is 8.87. The summed E-state index contributed by atoms with van der Waals surface area (Å²) in [4.78, 5) is 21.8. The van der Waals surface area contributed by atoms with Gasteiger partial charge in [0.1, 0.15) is 11.8 Å². The average Bonchev–Trinajstić information content (AvgIpc) is 2.86. The highest BCUT2D eigenvalue weighted by Gasteiger charge is 2.30. The van der Waals surface area contributed by atoms with Crippen LogP contribution in [0.1, 0.15) is 17.8 Å². The van der Waals surface area contributed by atoms with E-state index in [-0.39, 0.29) is 11.9 Å². The van der Waals surface area contributed by atoms with Crippen LogP contribution in [0.3, 0.4) is 0 Å². The Morgan fingerprint density at radius 2 is 2.39 bits per heavy atom. The van der Waals surface area contributed by atoms with Crippen LogP contribution in [0, 0.1) is 24.2 Å². The molecule has 0 radical (unpaired) electrons. The van der Waals surface area contributed by atoms with Gasteiger partial charge in [-0.2, -0.15) is 5.26 Å². The number of hydrogen-bond donors (Lipinski definition) is 0. The summed E-state index contributed by atoms with van der Waals surface area (Å²) < 4.78 is 4.73. The predicted molar refractivity (Wildman–Crippen MR) is 63.8 cm³/mol. The Morgan fingerprint density at radius 1 is 1.61 bits per heavy atom. The molecule has 1 aliphatic heterocycles. The summed E-state index contributed by atoms with van der Waals surface area (Å²) in [7, 11) is 1.39. The quantitative estimate of drug-likeness (QED) is 0.713. The minimum absolute atomic E-state index is 0.135. The highest BCUT2D eigenvalue weighted by atomic mass is 16.5. The Hall–Kier alpha value is -2.16. The van der Waals surface area contributed by atoms with E-state index in [9.17, 15) is 4.79 Å². The molecule has 0 amide bonds. The zero-order chi connectivity index (χ0) is 13.1. The number of anilines is 1. The molecule has 2 rings (SSSR count). The van der Waals surface area contributed by atoms with Crippen LogP contribution >= 0.6 is 0 Å². The SMILES string of the molecule is COC(=O)C1CCN(c2nc(C)cc(C#N)n2)C1. The van der Waals surface area contributed by atoms with Gasteiger partial charge in [0.05, 0.1) is 13.0 Å². The molecule has 1 aliphatic rings. The van der Waals surface area contributed by atoms with Crippen LogP contribution in [0.4, 0.5) is 5.95 Å². The summed E-state index contributed by atoms with van der Waals surface area (Å²) in [6.07, 6.45) is 0.728. The number of carbonyl (C=O) groups is 1. The first-order chi connectivity index (χ1) is 8.63. The van der Waals surface area contributed by atoms with Gasteiger partial charge < -0.3 is 9.64 Å². The number of hydrogen-bond acceptors (Lipinski definition) is 6. The lowest BCUT2D eigenvalue weighted by atomic mass is 10.1. The van der Waals surface area contributed by atoms with Crippen molar-refractivity contribution < 1.29 is 9.53 Å². The first-order valence-electron chi connectivity index (χ1n) is 5.72. The molecule has 1 aromatic heterocycles. The Balaban J connectivity index is 2.17. The number of rotatable bonds is 2. The van der Waals surface area contributed by atoms with Crippen molar-refractivity contribution in [3.63, 3.8) is 0 Å². The first kappa shape index (κ1) is 12.3. The summed E-state index contributed by atoms with van der Waals surface area (Å²) in [6.45, 7) is 3.06. The number of aryl methyl sites for hydroxylation is 1. The van der Waals surface area contributed by atoms with Crippen molar-refractivity contribution in [2.45, 2.75) is 13.3 Å². The lowest BCUT2D eigenvalue weighted by molar-refractivity contribution is -0.144. The van der Waals surface area contributed by atoms with Crippen molar-refractivity contribution in [2.24, 2.45) is 5.92 Å². The zero-order valence-corrected chi connectivity index (χ0v) is 10.4. The maximum absolute atomic E-state index is 11.4. The third kappa shape index (κ3) is 2.40. The Morgan fingerprint density at radius 3 is 3.06 bits per heavy atom. The molecule has 0 aliphatic carbocycles. The highest BCUT2D eigenvalue weighted by Crippen LogP contribution is 2.22. The molecular weight excluding hydrogens is 232 g/mol. The monoisotopic (exact) mass is 246 g/mol. The van der Waals surface area contributed by atoms with Gasteiger partial charge in [-0.1, -0.05) is 0 Å². The molecule has 6 heteroatoms. The van der Waals surface area contributed by atoms with Gasteiger partial charge in [-0.15, -0.1) is 0 Å². The molecule has 0 bridgehead atoms. The third-order valence-electron chi connectivity index (χ3n) is 2.96. The van der Waals surface area contributed by atoms with E-state index >= 15 is 0 Å².